The first-order valence-corrected chi connectivity index (χ1v) is 6.98. The molecule has 0 spiro atoms. The normalized spacial score (nSPS) is 14.9. The van der Waals surface area contributed by atoms with E-state index in [-0.39, 0.29) is 0 Å². The Bertz CT molecular complexity index is 364. The van der Waals surface area contributed by atoms with Crippen LogP contribution in [0.5, 0.6) is 11.5 Å². The molecule has 1 aromatic carbocycles. The van der Waals surface area contributed by atoms with Gasteiger partial charge in [0.05, 0.1) is 13.2 Å². The molecule has 1 aliphatic heterocycles. The van der Waals surface area contributed by atoms with E-state index >= 15 is 0 Å². The van der Waals surface area contributed by atoms with Crippen LogP contribution < -0.4 is 9.47 Å². The highest BCUT2D eigenvalue weighted by Crippen LogP contribution is 2.32. The Morgan fingerprint density at radius 1 is 1.35 bits per heavy atom. The lowest BCUT2D eigenvalue weighted by molar-refractivity contribution is 0.0925. The Labute approximate surface area is 110 Å². The molecular weight excluding hydrogens is 284 g/mol. The lowest BCUT2D eigenvalue weighted by Gasteiger charge is -2.12. The third-order valence-electron chi connectivity index (χ3n) is 2.85. The summed E-state index contributed by atoms with van der Waals surface area (Å²) in [5.41, 5.74) is 1.12. The van der Waals surface area contributed by atoms with Crippen LogP contribution in [-0.2, 0) is 11.3 Å². The number of ether oxygens (including phenoxy) is 3. The van der Waals surface area contributed by atoms with Gasteiger partial charge in [-0.15, -0.1) is 0 Å². The van der Waals surface area contributed by atoms with Gasteiger partial charge in [0.2, 0.25) is 6.79 Å². The number of halogens is 1. The Morgan fingerprint density at radius 2 is 2.18 bits per heavy atom. The smallest absolute Gasteiger partial charge is 0.231 e. The molecule has 0 N–H and O–H groups in total. The molecule has 2 rings (SSSR count). The van der Waals surface area contributed by atoms with Gasteiger partial charge < -0.3 is 14.2 Å². The van der Waals surface area contributed by atoms with Crippen molar-refractivity contribution in [1.82, 2.24) is 0 Å². The van der Waals surface area contributed by atoms with Crippen molar-refractivity contribution >= 4 is 15.9 Å². The van der Waals surface area contributed by atoms with E-state index in [0.717, 1.165) is 35.4 Å². The number of benzene rings is 1. The van der Waals surface area contributed by atoms with Crippen molar-refractivity contribution in [3.05, 3.63) is 23.8 Å². The molecule has 0 saturated heterocycles. The van der Waals surface area contributed by atoms with Crippen molar-refractivity contribution in [1.29, 1.82) is 0 Å². The maximum absolute atomic E-state index is 5.70. The molecule has 17 heavy (non-hydrogen) atoms. The molecular formula is C13H17BrO3. The Balaban J connectivity index is 1.83. The average molecular weight is 301 g/mol. The zero-order valence-corrected chi connectivity index (χ0v) is 11.5. The fraction of sp³-hybridized carbons (Fsp3) is 0.538. The second-order valence-corrected chi connectivity index (χ2v) is 4.78. The van der Waals surface area contributed by atoms with E-state index < -0.39 is 0 Å². The van der Waals surface area contributed by atoms with Crippen LogP contribution in [0.25, 0.3) is 0 Å². The van der Waals surface area contributed by atoms with E-state index in [1.165, 1.54) is 0 Å². The van der Waals surface area contributed by atoms with Gasteiger partial charge in [0, 0.05) is 5.33 Å². The molecule has 0 fully saturated rings. The Hall–Kier alpha value is -0.740. The molecule has 0 aliphatic carbocycles. The van der Waals surface area contributed by atoms with Crippen LogP contribution in [0.2, 0.25) is 0 Å². The molecule has 1 atom stereocenters. The van der Waals surface area contributed by atoms with Gasteiger partial charge in [-0.3, -0.25) is 0 Å². The summed E-state index contributed by atoms with van der Waals surface area (Å²) in [4.78, 5) is 0. The van der Waals surface area contributed by atoms with Crippen LogP contribution in [0.4, 0.5) is 0 Å². The molecule has 4 heteroatoms. The van der Waals surface area contributed by atoms with E-state index in [0.29, 0.717) is 19.3 Å². The summed E-state index contributed by atoms with van der Waals surface area (Å²) in [7, 11) is 0. The van der Waals surface area contributed by atoms with Gasteiger partial charge >= 0.3 is 0 Å². The first-order chi connectivity index (χ1) is 8.33. The van der Waals surface area contributed by atoms with E-state index in [4.69, 9.17) is 14.2 Å². The second kappa shape index (κ2) is 6.26. The Kier molecular flexibility index (Phi) is 4.68. The minimum atomic E-state index is 0.321. The maximum atomic E-state index is 5.70. The SMILES string of the molecule is CCC(CBr)COCc1ccc2c(c1)OCO2. The molecule has 94 valence electrons. The molecule has 1 unspecified atom stereocenters. The zero-order valence-electron chi connectivity index (χ0n) is 9.95. The number of hydrogen-bond acceptors (Lipinski definition) is 3. The largest absolute Gasteiger partial charge is 0.454 e. The van der Waals surface area contributed by atoms with Crippen LogP contribution in [0, 0.1) is 5.92 Å². The molecule has 1 aliphatic rings. The van der Waals surface area contributed by atoms with E-state index in [1.54, 1.807) is 0 Å². The fourth-order valence-corrected chi connectivity index (χ4v) is 2.29. The van der Waals surface area contributed by atoms with Gasteiger partial charge in [-0.25, -0.2) is 0 Å². The topological polar surface area (TPSA) is 27.7 Å². The predicted molar refractivity (Wildman–Crippen MR) is 69.8 cm³/mol. The minimum absolute atomic E-state index is 0.321. The number of alkyl halides is 1. The highest BCUT2D eigenvalue weighted by Gasteiger charge is 2.13. The number of fused-ring (bicyclic) bond motifs is 1. The lowest BCUT2D eigenvalue weighted by atomic mass is 10.1. The molecule has 0 saturated carbocycles. The van der Waals surface area contributed by atoms with Gasteiger partial charge in [0.1, 0.15) is 0 Å². The highest BCUT2D eigenvalue weighted by molar-refractivity contribution is 9.09. The van der Waals surface area contributed by atoms with E-state index in [2.05, 4.69) is 22.9 Å². The van der Waals surface area contributed by atoms with Gasteiger partial charge in [-0.2, -0.15) is 0 Å². The monoisotopic (exact) mass is 300 g/mol. The molecule has 0 amide bonds. The molecule has 1 heterocycles. The van der Waals surface area contributed by atoms with Crippen LogP contribution in [0.15, 0.2) is 18.2 Å². The molecule has 0 aromatic heterocycles. The number of rotatable bonds is 6. The van der Waals surface area contributed by atoms with Crippen LogP contribution in [0.1, 0.15) is 18.9 Å². The quantitative estimate of drug-likeness (QED) is 0.754. The van der Waals surface area contributed by atoms with Crippen molar-refractivity contribution < 1.29 is 14.2 Å². The molecule has 0 bridgehead atoms. The van der Waals surface area contributed by atoms with Gasteiger partial charge in [-0.05, 0) is 23.6 Å². The summed E-state index contributed by atoms with van der Waals surface area (Å²) < 4.78 is 16.3. The first-order valence-electron chi connectivity index (χ1n) is 5.85. The summed E-state index contributed by atoms with van der Waals surface area (Å²) in [6.07, 6.45) is 1.13. The average Bonchev–Trinajstić information content (AvgIpc) is 2.82. The second-order valence-electron chi connectivity index (χ2n) is 4.13. The summed E-state index contributed by atoms with van der Waals surface area (Å²) in [5.74, 6) is 2.23. The molecule has 0 radical (unpaired) electrons. The molecule has 3 nitrogen and oxygen atoms in total. The van der Waals surface area contributed by atoms with Crippen LogP contribution in [0.3, 0.4) is 0 Å². The van der Waals surface area contributed by atoms with Crippen molar-refractivity contribution in [2.75, 3.05) is 18.7 Å². The van der Waals surface area contributed by atoms with Crippen molar-refractivity contribution in [3.63, 3.8) is 0 Å². The summed E-state index contributed by atoms with van der Waals surface area (Å²) in [6, 6.07) is 5.93. The fourth-order valence-electron chi connectivity index (χ4n) is 1.65. The van der Waals surface area contributed by atoms with Crippen molar-refractivity contribution in [3.8, 4) is 11.5 Å². The van der Waals surface area contributed by atoms with Crippen molar-refractivity contribution in [2.24, 2.45) is 5.92 Å². The number of hydrogen-bond donors (Lipinski definition) is 0. The van der Waals surface area contributed by atoms with E-state index in [9.17, 15) is 0 Å². The summed E-state index contributed by atoms with van der Waals surface area (Å²) in [6.45, 7) is 3.91. The molecule has 1 aromatic rings. The standard InChI is InChI=1S/C13H17BrO3/c1-2-10(6-14)7-15-8-11-3-4-12-13(5-11)17-9-16-12/h3-5,10H,2,6-9H2,1H3. The van der Waals surface area contributed by atoms with Gasteiger partial charge in [-0.1, -0.05) is 35.3 Å². The summed E-state index contributed by atoms with van der Waals surface area (Å²) >= 11 is 3.49. The highest BCUT2D eigenvalue weighted by atomic mass is 79.9. The lowest BCUT2D eigenvalue weighted by Crippen LogP contribution is -2.09. The van der Waals surface area contributed by atoms with Crippen LogP contribution >= 0.6 is 15.9 Å². The van der Waals surface area contributed by atoms with E-state index in [1.807, 2.05) is 18.2 Å². The zero-order chi connectivity index (χ0) is 12.1. The Morgan fingerprint density at radius 3 is 2.94 bits per heavy atom. The maximum Gasteiger partial charge on any atom is 0.231 e. The first kappa shape index (κ1) is 12.7. The van der Waals surface area contributed by atoms with Gasteiger partial charge in [0.15, 0.2) is 11.5 Å². The third-order valence-corrected chi connectivity index (χ3v) is 3.77. The van der Waals surface area contributed by atoms with Crippen LogP contribution in [-0.4, -0.2) is 18.7 Å². The van der Waals surface area contributed by atoms with Crippen molar-refractivity contribution in [2.45, 2.75) is 20.0 Å². The third kappa shape index (κ3) is 3.36. The van der Waals surface area contributed by atoms with Gasteiger partial charge in [0.25, 0.3) is 0 Å². The predicted octanol–water partition coefficient (Wildman–Crippen LogP) is 3.35. The summed E-state index contributed by atoms with van der Waals surface area (Å²) in [5, 5.41) is 0.991. The minimum Gasteiger partial charge on any atom is -0.454 e.